The van der Waals surface area contributed by atoms with Gasteiger partial charge in [-0.3, -0.25) is 4.79 Å². The molecule has 0 aliphatic carbocycles. The average molecular weight is 430 g/mol. The zero-order valence-electron chi connectivity index (χ0n) is 15.3. The van der Waals surface area contributed by atoms with E-state index in [4.69, 9.17) is 4.52 Å². The first-order valence-corrected chi connectivity index (χ1v) is 11.7. The van der Waals surface area contributed by atoms with Crippen molar-refractivity contribution in [2.75, 3.05) is 5.75 Å². The number of amides is 1. The zero-order chi connectivity index (χ0) is 19.3. The number of hydrogen-bond acceptors (Lipinski definition) is 7. The second-order valence-electron chi connectivity index (χ2n) is 6.40. The SMILES string of the molecule is CC(Cc1nc2ccccc2s1)NC(=O)CSCc1cc(-c2cccs2)on1. The van der Waals surface area contributed by atoms with E-state index in [-0.39, 0.29) is 11.9 Å². The number of nitrogens with zero attached hydrogens (tertiary/aromatic N) is 2. The van der Waals surface area contributed by atoms with Crippen LogP contribution in [0.3, 0.4) is 0 Å². The molecule has 0 fully saturated rings. The normalized spacial score (nSPS) is 12.3. The monoisotopic (exact) mass is 429 g/mol. The number of para-hydroxylation sites is 1. The Morgan fingerprint density at radius 3 is 3.00 bits per heavy atom. The van der Waals surface area contributed by atoms with Crippen molar-refractivity contribution in [1.82, 2.24) is 15.5 Å². The number of thioether (sulfide) groups is 1. The molecule has 0 saturated carbocycles. The van der Waals surface area contributed by atoms with Crippen molar-refractivity contribution in [3.05, 3.63) is 58.5 Å². The molecule has 1 aromatic carbocycles. The number of carbonyl (C=O) groups is 1. The third-order valence-corrected chi connectivity index (χ3v) is 6.94. The van der Waals surface area contributed by atoms with Crippen molar-refractivity contribution < 1.29 is 9.32 Å². The molecule has 3 aromatic heterocycles. The number of aromatic nitrogens is 2. The number of carbonyl (C=O) groups excluding carboxylic acids is 1. The lowest BCUT2D eigenvalue weighted by Crippen LogP contribution is -2.35. The molecule has 0 aliphatic heterocycles. The molecule has 0 spiro atoms. The van der Waals surface area contributed by atoms with E-state index >= 15 is 0 Å². The van der Waals surface area contributed by atoms with Crippen molar-refractivity contribution in [3.63, 3.8) is 0 Å². The van der Waals surface area contributed by atoms with Gasteiger partial charge in [0, 0.05) is 24.3 Å². The van der Waals surface area contributed by atoms with E-state index in [2.05, 4.69) is 21.5 Å². The van der Waals surface area contributed by atoms with Gasteiger partial charge in [0.15, 0.2) is 5.76 Å². The lowest BCUT2D eigenvalue weighted by atomic mass is 10.2. The topological polar surface area (TPSA) is 68.0 Å². The predicted molar refractivity (Wildman–Crippen MR) is 117 cm³/mol. The smallest absolute Gasteiger partial charge is 0.230 e. The molecule has 1 unspecified atom stereocenters. The van der Waals surface area contributed by atoms with Crippen molar-refractivity contribution in [2.24, 2.45) is 0 Å². The standard InChI is InChI=1S/C20H19N3O2S3/c1-13(9-20-22-15-5-2-3-6-17(15)28-20)21-19(24)12-26-11-14-10-16(25-23-14)18-7-4-8-27-18/h2-8,10,13H,9,11-12H2,1H3,(H,21,24). The molecule has 1 atom stereocenters. The van der Waals surface area contributed by atoms with E-state index in [0.717, 1.165) is 33.3 Å². The number of rotatable bonds is 8. The van der Waals surface area contributed by atoms with Gasteiger partial charge in [-0.1, -0.05) is 23.4 Å². The Kier molecular flexibility index (Phi) is 6.09. The van der Waals surface area contributed by atoms with Gasteiger partial charge >= 0.3 is 0 Å². The minimum Gasteiger partial charge on any atom is -0.355 e. The van der Waals surface area contributed by atoms with E-state index in [1.165, 1.54) is 16.5 Å². The highest BCUT2D eigenvalue weighted by Crippen LogP contribution is 2.26. The molecule has 4 aromatic rings. The van der Waals surface area contributed by atoms with Gasteiger partial charge in [0.2, 0.25) is 5.91 Å². The van der Waals surface area contributed by atoms with E-state index in [0.29, 0.717) is 11.5 Å². The van der Waals surface area contributed by atoms with Crippen molar-refractivity contribution in [1.29, 1.82) is 0 Å². The molecule has 4 rings (SSSR count). The minimum absolute atomic E-state index is 0.0283. The van der Waals surface area contributed by atoms with Crippen molar-refractivity contribution in [2.45, 2.75) is 25.1 Å². The van der Waals surface area contributed by atoms with Crippen LogP contribution in [0.25, 0.3) is 20.9 Å². The highest BCUT2D eigenvalue weighted by molar-refractivity contribution is 7.99. The van der Waals surface area contributed by atoms with Crippen molar-refractivity contribution >= 4 is 50.6 Å². The summed E-state index contributed by atoms with van der Waals surface area (Å²) in [4.78, 5) is 17.9. The number of nitrogens with one attached hydrogen (secondary N) is 1. The fraction of sp³-hybridized carbons (Fsp3) is 0.250. The van der Waals surface area contributed by atoms with Crippen LogP contribution in [0.4, 0.5) is 0 Å². The largest absolute Gasteiger partial charge is 0.355 e. The third kappa shape index (κ3) is 4.81. The molecule has 5 nitrogen and oxygen atoms in total. The minimum atomic E-state index is 0.0283. The number of thiophene rings is 1. The van der Waals surface area contributed by atoms with Crippen LogP contribution < -0.4 is 5.32 Å². The van der Waals surface area contributed by atoms with Gasteiger partial charge in [0.25, 0.3) is 0 Å². The summed E-state index contributed by atoms with van der Waals surface area (Å²) in [6, 6.07) is 14.1. The lowest BCUT2D eigenvalue weighted by Gasteiger charge is -2.12. The third-order valence-electron chi connectivity index (χ3n) is 4.03. The number of benzene rings is 1. The number of thiazole rings is 1. The molecule has 8 heteroatoms. The molecule has 144 valence electrons. The first-order chi connectivity index (χ1) is 13.7. The van der Waals surface area contributed by atoms with Gasteiger partial charge in [-0.15, -0.1) is 34.4 Å². The Labute approximate surface area is 175 Å². The summed E-state index contributed by atoms with van der Waals surface area (Å²) in [5, 5.41) is 10.2. The van der Waals surface area contributed by atoms with E-state index in [1.54, 1.807) is 22.7 Å². The Hall–Kier alpha value is -2.16. The Bertz CT molecular complexity index is 1020. The quantitative estimate of drug-likeness (QED) is 0.427. The molecule has 1 amide bonds. The summed E-state index contributed by atoms with van der Waals surface area (Å²) >= 11 is 4.83. The molecule has 0 saturated heterocycles. The maximum Gasteiger partial charge on any atom is 0.230 e. The van der Waals surface area contributed by atoms with Crippen LogP contribution in [0.15, 0.2) is 52.4 Å². The predicted octanol–water partition coefficient (Wildman–Crippen LogP) is 4.99. The summed E-state index contributed by atoms with van der Waals surface area (Å²) in [7, 11) is 0. The van der Waals surface area contributed by atoms with Gasteiger partial charge in [0.1, 0.15) is 0 Å². The summed E-state index contributed by atoms with van der Waals surface area (Å²) in [6.07, 6.45) is 0.739. The van der Waals surface area contributed by atoms with Crippen LogP contribution >= 0.6 is 34.4 Å². The zero-order valence-corrected chi connectivity index (χ0v) is 17.7. The maximum absolute atomic E-state index is 12.2. The molecular formula is C20H19N3O2S3. The lowest BCUT2D eigenvalue weighted by molar-refractivity contribution is -0.119. The van der Waals surface area contributed by atoms with Crippen LogP contribution in [0.1, 0.15) is 17.6 Å². The summed E-state index contributed by atoms with van der Waals surface area (Å²) in [6.45, 7) is 2.01. The fourth-order valence-electron chi connectivity index (χ4n) is 2.80. The van der Waals surface area contributed by atoms with Crippen LogP contribution in [0, 0.1) is 0 Å². The highest BCUT2D eigenvalue weighted by atomic mass is 32.2. The van der Waals surface area contributed by atoms with Gasteiger partial charge in [-0.05, 0) is 30.5 Å². The molecule has 1 N–H and O–H groups in total. The van der Waals surface area contributed by atoms with Crippen LogP contribution in [0.2, 0.25) is 0 Å². The first-order valence-electron chi connectivity index (χ1n) is 8.88. The Morgan fingerprint density at radius 2 is 2.18 bits per heavy atom. The Balaban J connectivity index is 1.22. The summed E-state index contributed by atoms with van der Waals surface area (Å²) < 4.78 is 6.54. The summed E-state index contributed by atoms with van der Waals surface area (Å²) in [5.74, 6) is 1.85. The highest BCUT2D eigenvalue weighted by Gasteiger charge is 2.12. The van der Waals surface area contributed by atoms with Gasteiger partial charge in [-0.25, -0.2) is 4.98 Å². The first kappa shape index (κ1) is 19.2. The molecule has 0 radical (unpaired) electrons. The Morgan fingerprint density at radius 1 is 1.29 bits per heavy atom. The molecule has 0 aliphatic rings. The molecule has 28 heavy (non-hydrogen) atoms. The van der Waals surface area contributed by atoms with E-state index < -0.39 is 0 Å². The van der Waals surface area contributed by atoms with Crippen LogP contribution in [0.5, 0.6) is 0 Å². The maximum atomic E-state index is 12.2. The molecule has 3 heterocycles. The molecule has 0 bridgehead atoms. The van der Waals surface area contributed by atoms with E-state index in [9.17, 15) is 4.79 Å². The van der Waals surface area contributed by atoms with Gasteiger partial charge in [-0.2, -0.15) is 0 Å². The van der Waals surface area contributed by atoms with Crippen LogP contribution in [-0.4, -0.2) is 27.8 Å². The second-order valence-corrected chi connectivity index (χ2v) is 9.45. The van der Waals surface area contributed by atoms with E-state index in [1.807, 2.05) is 48.7 Å². The van der Waals surface area contributed by atoms with Gasteiger partial charge in [0.05, 0.1) is 31.5 Å². The van der Waals surface area contributed by atoms with Crippen molar-refractivity contribution in [3.8, 4) is 10.6 Å². The number of hydrogen-bond donors (Lipinski definition) is 1. The van der Waals surface area contributed by atoms with Gasteiger partial charge < -0.3 is 9.84 Å². The fourth-order valence-corrected chi connectivity index (χ4v) is 5.28. The average Bonchev–Trinajstić information content (AvgIpc) is 3.41. The molecular weight excluding hydrogens is 410 g/mol. The number of fused-ring (bicyclic) bond motifs is 1. The second kappa shape index (κ2) is 8.89. The summed E-state index contributed by atoms with van der Waals surface area (Å²) in [5.41, 5.74) is 1.87. The van der Waals surface area contributed by atoms with Crippen LogP contribution in [-0.2, 0) is 17.0 Å².